The fourth-order valence-corrected chi connectivity index (χ4v) is 4.00. The van der Waals surface area contributed by atoms with Gasteiger partial charge in [-0.15, -0.1) is 0 Å². The van der Waals surface area contributed by atoms with Crippen LogP contribution in [0.1, 0.15) is 25.8 Å². The highest BCUT2D eigenvalue weighted by atomic mass is 35.5. The lowest BCUT2D eigenvalue weighted by molar-refractivity contribution is -0.155. The Bertz CT molecular complexity index is 888. The van der Waals surface area contributed by atoms with E-state index in [1.54, 1.807) is 9.80 Å². The van der Waals surface area contributed by atoms with Crippen molar-refractivity contribution in [2.45, 2.75) is 32.5 Å². The minimum Gasteiger partial charge on any atom is -0.455 e. The smallest absolute Gasteiger partial charge is 0.417 e. The van der Waals surface area contributed by atoms with Crippen molar-refractivity contribution in [1.82, 2.24) is 14.8 Å². The molecule has 0 N–H and O–H groups in total. The summed E-state index contributed by atoms with van der Waals surface area (Å²) in [6.45, 7) is 4.77. The van der Waals surface area contributed by atoms with Crippen molar-refractivity contribution < 1.29 is 32.3 Å². The number of carbonyl (C=O) groups is 3. The van der Waals surface area contributed by atoms with E-state index in [1.807, 2.05) is 13.8 Å². The van der Waals surface area contributed by atoms with Crippen molar-refractivity contribution in [2.24, 2.45) is 5.92 Å². The zero-order valence-electron chi connectivity index (χ0n) is 17.7. The predicted octanol–water partition coefficient (Wildman–Crippen LogP) is 2.20. The van der Waals surface area contributed by atoms with Crippen LogP contribution in [0.2, 0.25) is 5.02 Å². The highest BCUT2D eigenvalue weighted by Gasteiger charge is 2.37. The molecule has 2 fully saturated rings. The van der Waals surface area contributed by atoms with E-state index in [0.717, 1.165) is 12.3 Å². The lowest BCUT2D eigenvalue weighted by Gasteiger charge is -2.35. The van der Waals surface area contributed by atoms with Gasteiger partial charge in [-0.3, -0.25) is 14.4 Å². The van der Waals surface area contributed by atoms with Crippen molar-refractivity contribution >= 4 is 35.2 Å². The predicted molar refractivity (Wildman–Crippen MR) is 109 cm³/mol. The molecular weight excluding hydrogens is 453 g/mol. The Kier molecular flexibility index (Phi) is 7.16. The SMILES string of the molecule is CC(C)N1CC(C(=O)OCC(=O)N2CCN(c3ncc(C(F)(F)F)cc3Cl)CC2)CC1=O. The van der Waals surface area contributed by atoms with E-state index in [1.165, 1.54) is 4.90 Å². The van der Waals surface area contributed by atoms with Gasteiger partial charge >= 0.3 is 12.1 Å². The third-order valence-corrected chi connectivity index (χ3v) is 5.81. The van der Waals surface area contributed by atoms with Gasteiger partial charge in [0, 0.05) is 51.4 Å². The molecule has 0 spiro atoms. The third-order valence-electron chi connectivity index (χ3n) is 5.53. The first-order chi connectivity index (χ1) is 15.0. The summed E-state index contributed by atoms with van der Waals surface area (Å²) in [5.74, 6) is -1.43. The number of aromatic nitrogens is 1. The molecule has 8 nitrogen and oxygen atoms in total. The normalized spacial score (nSPS) is 19.7. The van der Waals surface area contributed by atoms with E-state index in [4.69, 9.17) is 16.3 Å². The Morgan fingerprint density at radius 2 is 1.91 bits per heavy atom. The van der Waals surface area contributed by atoms with Gasteiger partial charge in [-0.2, -0.15) is 13.2 Å². The number of ether oxygens (including phenoxy) is 1. The van der Waals surface area contributed by atoms with Crippen LogP contribution in [0.3, 0.4) is 0 Å². The lowest BCUT2D eigenvalue weighted by Crippen LogP contribution is -2.50. The number of halogens is 4. The van der Waals surface area contributed by atoms with Gasteiger partial charge in [-0.05, 0) is 19.9 Å². The zero-order chi connectivity index (χ0) is 23.6. The number of rotatable bonds is 5. The second-order valence-electron chi connectivity index (χ2n) is 8.04. The number of pyridine rings is 1. The van der Waals surface area contributed by atoms with Crippen LogP contribution in [0.5, 0.6) is 0 Å². The van der Waals surface area contributed by atoms with Crippen LogP contribution in [0.25, 0.3) is 0 Å². The van der Waals surface area contributed by atoms with Crippen LogP contribution in [0, 0.1) is 5.92 Å². The van der Waals surface area contributed by atoms with Crippen LogP contribution in [-0.2, 0) is 25.3 Å². The standard InChI is InChI=1S/C20H24ClF3N4O4/c1-12(2)28-10-13(7-16(28)29)19(31)32-11-17(30)26-3-5-27(6-4-26)18-15(21)8-14(9-25-18)20(22,23)24/h8-9,12-13H,3-7,10-11H2,1-2H3. The van der Waals surface area contributed by atoms with Crippen molar-refractivity contribution in [1.29, 1.82) is 0 Å². The zero-order valence-corrected chi connectivity index (χ0v) is 18.4. The highest BCUT2D eigenvalue weighted by molar-refractivity contribution is 6.33. The molecule has 32 heavy (non-hydrogen) atoms. The summed E-state index contributed by atoms with van der Waals surface area (Å²) in [6.07, 6.45) is -3.73. The molecule has 1 atom stereocenters. The molecule has 0 aromatic carbocycles. The minimum atomic E-state index is -4.53. The van der Waals surface area contributed by atoms with E-state index in [2.05, 4.69) is 4.98 Å². The number of likely N-dealkylation sites (tertiary alicyclic amines) is 1. The molecule has 2 aliphatic rings. The van der Waals surface area contributed by atoms with E-state index in [-0.39, 0.29) is 54.8 Å². The van der Waals surface area contributed by atoms with Crippen LogP contribution >= 0.6 is 11.6 Å². The molecule has 2 saturated heterocycles. The van der Waals surface area contributed by atoms with Gasteiger partial charge in [-0.25, -0.2) is 4.98 Å². The van der Waals surface area contributed by atoms with Crippen LogP contribution in [-0.4, -0.2) is 77.9 Å². The van der Waals surface area contributed by atoms with Gasteiger partial charge in [0.2, 0.25) is 5.91 Å². The van der Waals surface area contributed by atoms with Gasteiger partial charge in [0.1, 0.15) is 5.82 Å². The number of amides is 2. The molecule has 12 heteroatoms. The Morgan fingerprint density at radius 3 is 2.44 bits per heavy atom. The molecule has 0 bridgehead atoms. The summed E-state index contributed by atoms with van der Waals surface area (Å²) in [6, 6.07) is 0.820. The van der Waals surface area contributed by atoms with Crippen molar-refractivity contribution in [3.63, 3.8) is 0 Å². The number of hydrogen-bond donors (Lipinski definition) is 0. The fourth-order valence-electron chi connectivity index (χ4n) is 3.72. The molecule has 176 valence electrons. The second kappa shape index (κ2) is 9.51. The van der Waals surface area contributed by atoms with E-state index in [0.29, 0.717) is 13.1 Å². The summed E-state index contributed by atoms with van der Waals surface area (Å²) >= 11 is 5.98. The maximum Gasteiger partial charge on any atom is 0.417 e. The first kappa shape index (κ1) is 24.1. The molecule has 2 aliphatic heterocycles. The van der Waals surface area contributed by atoms with E-state index >= 15 is 0 Å². The number of esters is 1. The Morgan fingerprint density at radius 1 is 1.25 bits per heavy atom. The van der Waals surface area contributed by atoms with Crippen molar-refractivity contribution in [2.75, 3.05) is 44.2 Å². The Balaban J connectivity index is 1.48. The van der Waals surface area contributed by atoms with Gasteiger partial charge in [0.15, 0.2) is 6.61 Å². The molecular formula is C20H24ClF3N4O4. The largest absolute Gasteiger partial charge is 0.455 e. The molecule has 1 aromatic heterocycles. The van der Waals surface area contributed by atoms with Gasteiger partial charge in [-0.1, -0.05) is 11.6 Å². The quantitative estimate of drug-likeness (QED) is 0.606. The van der Waals surface area contributed by atoms with Gasteiger partial charge < -0.3 is 19.4 Å². The summed E-state index contributed by atoms with van der Waals surface area (Å²) < 4.78 is 43.4. The summed E-state index contributed by atoms with van der Waals surface area (Å²) in [7, 11) is 0. The monoisotopic (exact) mass is 476 g/mol. The summed E-state index contributed by atoms with van der Waals surface area (Å²) in [5.41, 5.74) is -0.928. The van der Waals surface area contributed by atoms with Crippen LogP contribution in [0.4, 0.5) is 19.0 Å². The van der Waals surface area contributed by atoms with Crippen molar-refractivity contribution in [3.8, 4) is 0 Å². The molecule has 3 heterocycles. The van der Waals surface area contributed by atoms with Crippen LogP contribution < -0.4 is 4.90 Å². The number of anilines is 1. The topological polar surface area (TPSA) is 83.1 Å². The Labute approximate surface area is 188 Å². The highest BCUT2D eigenvalue weighted by Crippen LogP contribution is 2.33. The Hall–Kier alpha value is -2.56. The number of piperazine rings is 1. The number of hydrogen-bond acceptors (Lipinski definition) is 6. The second-order valence-corrected chi connectivity index (χ2v) is 8.45. The van der Waals surface area contributed by atoms with Gasteiger partial charge in [0.05, 0.1) is 16.5 Å². The lowest BCUT2D eigenvalue weighted by atomic mass is 10.1. The first-order valence-electron chi connectivity index (χ1n) is 10.2. The minimum absolute atomic E-state index is 0.00844. The average molecular weight is 477 g/mol. The molecule has 2 amide bonds. The maximum atomic E-state index is 12.8. The molecule has 0 radical (unpaired) electrons. The number of carbonyl (C=O) groups excluding carboxylic acids is 3. The molecule has 1 unspecified atom stereocenters. The first-order valence-corrected chi connectivity index (χ1v) is 10.6. The van der Waals surface area contributed by atoms with Crippen LogP contribution in [0.15, 0.2) is 12.3 Å². The molecule has 3 rings (SSSR count). The van der Waals surface area contributed by atoms with Crippen molar-refractivity contribution in [3.05, 3.63) is 22.8 Å². The summed E-state index contributed by atoms with van der Waals surface area (Å²) in [5, 5.41) is -0.116. The average Bonchev–Trinajstić information content (AvgIpc) is 3.13. The van der Waals surface area contributed by atoms with E-state index < -0.39 is 30.2 Å². The molecule has 0 aliphatic carbocycles. The molecule has 0 saturated carbocycles. The van der Waals surface area contributed by atoms with E-state index in [9.17, 15) is 27.6 Å². The third kappa shape index (κ3) is 5.43. The fraction of sp³-hybridized carbons (Fsp3) is 0.600. The number of nitrogens with zero attached hydrogens (tertiary/aromatic N) is 4. The number of alkyl halides is 3. The van der Waals surface area contributed by atoms with Gasteiger partial charge in [0.25, 0.3) is 5.91 Å². The molecule has 1 aromatic rings. The maximum absolute atomic E-state index is 12.8. The summed E-state index contributed by atoms with van der Waals surface area (Å²) in [4.78, 5) is 45.2.